The minimum absolute atomic E-state index is 0.530. The zero-order valence-electron chi connectivity index (χ0n) is 17.7. The second-order valence-electron chi connectivity index (χ2n) is 8.50. The van der Waals surface area contributed by atoms with E-state index in [1.54, 1.807) is 0 Å². The van der Waals surface area contributed by atoms with Crippen molar-refractivity contribution in [3.63, 3.8) is 0 Å². The maximum atomic E-state index is 4.56. The Morgan fingerprint density at radius 2 is 1.96 bits per heavy atom. The lowest BCUT2D eigenvalue weighted by molar-refractivity contribution is 0.236. The molecule has 1 heterocycles. The number of aryl methyl sites for hydroxylation is 1. The van der Waals surface area contributed by atoms with Crippen LogP contribution in [-0.4, -0.2) is 42.6 Å². The first-order chi connectivity index (χ1) is 13.1. The fourth-order valence-electron chi connectivity index (χ4n) is 4.53. The van der Waals surface area contributed by atoms with Gasteiger partial charge in [-0.15, -0.1) is 0 Å². The number of hydrogen-bond acceptors (Lipinski definition) is 3. The van der Waals surface area contributed by atoms with Crippen molar-refractivity contribution in [2.24, 2.45) is 5.92 Å². The average Bonchev–Trinajstić information content (AvgIpc) is 3.18. The second-order valence-corrected chi connectivity index (χ2v) is 8.50. The van der Waals surface area contributed by atoms with Crippen LogP contribution >= 0.6 is 0 Å². The Labute approximate surface area is 165 Å². The van der Waals surface area contributed by atoms with Gasteiger partial charge >= 0.3 is 0 Å². The summed E-state index contributed by atoms with van der Waals surface area (Å²) in [6.45, 7) is 10.5. The molecule has 1 aromatic carbocycles. The third-order valence-electron chi connectivity index (χ3n) is 6.45. The monoisotopic (exact) mass is 367 g/mol. The van der Waals surface area contributed by atoms with Crippen LogP contribution in [0.15, 0.2) is 30.5 Å². The summed E-state index contributed by atoms with van der Waals surface area (Å²) in [5.74, 6) is 0.955. The van der Waals surface area contributed by atoms with Crippen molar-refractivity contribution in [2.75, 3.05) is 31.6 Å². The van der Waals surface area contributed by atoms with Gasteiger partial charge in [0, 0.05) is 36.9 Å². The number of aromatic nitrogens is 1. The summed E-state index contributed by atoms with van der Waals surface area (Å²) in [5, 5.41) is 1.26. The summed E-state index contributed by atoms with van der Waals surface area (Å²) in [6, 6.07) is 9.28. The van der Waals surface area contributed by atoms with E-state index in [1.165, 1.54) is 74.8 Å². The molecule has 0 spiro atoms. The first-order valence-corrected chi connectivity index (χ1v) is 10.9. The zero-order chi connectivity index (χ0) is 19.2. The van der Waals surface area contributed by atoms with E-state index in [0.717, 1.165) is 11.4 Å². The number of nitrogens with zero attached hydrogens (tertiary/aromatic N) is 3. The molecule has 1 unspecified atom stereocenters. The van der Waals surface area contributed by atoms with Crippen LogP contribution in [0.2, 0.25) is 0 Å². The fourth-order valence-corrected chi connectivity index (χ4v) is 4.53. The van der Waals surface area contributed by atoms with Crippen molar-refractivity contribution in [3.8, 4) is 0 Å². The molecule has 0 bridgehead atoms. The van der Waals surface area contributed by atoms with E-state index in [2.05, 4.69) is 66.9 Å². The molecule has 1 aliphatic rings. The quantitative estimate of drug-likeness (QED) is 0.570. The standard InChI is InChI=1S/C24H37N3/c1-5-27(18-21-10-6-7-11-21)16-8-9-20(3)26(4)24-14-15-25-23-17-19(2)12-13-22(23)24/h12-15,17,20-21H,5-11,16,18H2,1-4H3. The molecular formula is C24H37N3. The Balaban J connectivity index is 1.55. The van der Waals surface area contributed by atoms with Crippen molar-refractivity contribution in [1.29, 1.82) is 0 Å². The Hall–Kier alpha value is -1.61. The molecule has 1 atom stereocenters. The summed E-state index contributed by atoms with van der Waals surface area (Å²) >= 11 is 0. The van der Waals surface area contributed by atoms with Gasteiger partial charge in [0.15, 0.2) is 0 Å². The summed E-state index contributed by atoms with van der Waals surface area (Å²) in [5.41, 5.74) is 3.66. The van der Waals surface area contributed by atoms with Crippen molar-refractivity contribution in [1.82, 2.24) is 9.88 Å². The van der Waals surface area contributed by atoms with Crippen LogP contribution < -0.4 is 4.90 Å². The van der Waals surface area contributed by atoms with Gasteiger partial charge in [0.1, 0.15) is 0 Å². The second kappa shape index (κ2) is 9.54. The SMILES string of the molecule is CCN(CCCC(C)N(C)c1ccnc2cc(C)ccc12)CC1CCCC1. The highest BCUT2D eigenvalue weighted by Crippen LogP contribution is 2.28. The number of hydrogen-bond donors (Lipinski definition) is 0. The van der Waals surface area contributed by atoms with E-state index in [-0.39, 0.29) is 0 Å². The van der Waals surface area contributed by atoms with Gasteiger partial charge in [-0.3, -0.25) is 4.98 Å². The molecule has 1 aromatic heterocycles. The third-order valence-corrected chi connectivity index (χ3v) is 6.45. The third kappa shape index (κ3) is 5.22. The average molecular weight is 368 g/mol. The van der Waals surface area contributed by atoms with Gasteiger partial charge in [-0.2, -0.15) is 0 Å². The maximum absolute atomic E-state index is 4.56. The van der Waals surface area contributed by atoms with Gasteiger partial charge in [-0.25, -0.2) is 0 Å². The first-order valence-electron chi connectivity index (χ1n) is 10.9. The van der Waals surface area contributed by atoms with Gasteiger partial charge < -0.3 is 9.80 Å². The molecule has 2 aromatic rings. The van der Waals surface area contributed by atoms with E-state index < -0.39 is 0 Å². The van der Waals surface area contributed by atoms with E-state index in [0.29, 0.717) is 6.04 Å². The smallest absolute Gasteiger partial charge is 0.0725 e. The van der Waals surface area contributed by atoms with Crippen LogP contribution in [-0.2, 0) is 0 Å². The number of benzene rings is 1. The molecule has 27 heavy (non-hydrogen) atoms. The highest BCUT2D eigenvalue weighted by molar-refractivity contribution is 5.91. The molecule has 0 N–H and O–H groups in total. The molecule has 0 radical (unpaired) electrons. The molecule has 0 aliphatic heterocycles. The number of anilines is 1. The lowest BCUT2D eigenvalue weighted by atomic mass is 10.1. The van der Waals surface area contributed by atoms with Gasteiger partial charge in [-0.05, 0) is 76.2 Å². The molecule has 1 saturated carbocycles. The Bertz CT molecular complexity index is 721. The van der Waals surface area contributed by atoms with Gasteiger partial charge in [0.25, 0.3) is 0 Å². The van der Waals surface area contributed by atoms with Crippen molar-refractivity contribution >= 4 is 16.6 Å². The Kier molecular flexibility index (Phi) is 7.12. The molecule has 148 valence electrons. The van der Waals surface area contributed by atoms with Crippen LogP contribution in [0, 0.1) is 12.8 Å². The van der Waals surface area contributed by atoms with E-state index >= 15 is 0 Å². The summed E-state index contributed by atoms with van der Waals surface area (Å²) < 4.78 is 0. The predicted octanol–water partition coefficient (Wildman–Crippen LogP) is 5.66. The number of rotatable bonds is 9. The molecule has 3 heteroatoms. The topological polar surface area (TPSA) is 19.4 Å². The minimum Gasteiger partial charge on any atom is -0.371 e. The summed E-state index contributed by atoms with van der Waals surface area (Å²) in [7, 11) is 2.23. The van der Waals surface area contributed by atoms with Gasteiger partial charge in [0.2, 0.25) is 0 Å². The van der Waals surface area contributed by atoms with Crippen LogP contribution in [0.1, 0.15) is 57.9 Å². The summed E-state index contributed by atoms with van der Waals surface area (Å²) in [6.07, 6.45) is 10.2. The predicted molar refractivity (Wildman–Crippen MR) is 118 cm³/mol. The van der Waals surface area contributed by atoms with E-state index in [1.807, 2.05) is 6.20 Å². The maximum Gasteiger partial charge on any atom is 0.0725 e. The van der Waals surface area contributed by atoms with Crippen LogP contribution in [0.3, 0.4) is 0 Å². The largest absolute Gasteiger partial charge is 0.371 e. The first kappa shape index (κ1) is 20.1. The molecular weight excluding hydrogens is 330 g/mol. The van der Waals surface area contributed by atoms with Crippen molar-refractivity contribution < 1.29 is 0 Å². The van der Waals surface area contributed by atoms with E-state index in [9.17, 15) is 0 Å². The Morgan fingerprint density at radius 1 is 1.19 bits per heavy atom. The normalized spacial score (nSPS) is 16.3. The van der Waals surface area contributed by atoms with Crippen LogP contribution in [0.25, 0.3) is 10.9 Å². The molecule has 3 rings (SSSR count). The lowest BCUT2D eigenvalue weighted by Crippen LogP contribution is -2.32. The minimum atomic E-state index is 0.530. The molecule has 1 fully saturated rings. The fraction of sp³-hybridized carbons (Fsp3) is 0.625. The van der Waals surface area contributed by atoms with Crippen LogP contribution in [0.4, 0.5) is 5.69 Å². The number of fused-ring (bicyclic) bond motifs is 1. The highest BCUT2D eigenvalue weighted by Gasteiger charge is 2.18. The molecule has 0 saturated heterocycles. The highest BCUT2D eigenvalue weighted by atomic mass is 15.1. The van der Waals surface area contributed by atoms with Gasteiger partial charge in [0.05, 0.1) is 5.52 Å². The van der Waals surface area contributed by atoms with E-state index in [4.69, 9.17) is 0 Å². The Morgan fingerprint density at radius 3 is 2.70 bits per heavy atom. The number of pyridine rings is 1. The summed E-state index contributed by atoms with van der Waals surface area (Å²) in [4.78, 5) is 9.67. The van der Waals surface area contributed by atoms with Crippen LogP contribution in [0.5, 0.6) is 0 Å². The molecule has 1 aliphatic carbocycles. The molecule has 3 nitrogen and oxygen atoms in total. The lowest BCUT2D eigenvalue weighted by Gasteiger charge is -2.29. The van der Waals surface area contributed by atoms with Gasteiger partial charge in [-0.1, -0.05) is 31.9 Å². The zero-order valence-corrected chi connectivity index (χ0v) is 17.7. The molecule has 0 amide bonds. The van der Waals surface area contributed by atoms with Crippen molar-refractivity contribution in [3.05, 3.63) is 36.0 Å². The van der Waals surface area contributed by atoms with Crippen molar-refractivity contribution in [2.45, 2.75) is 65.3 Å².